The monoisotopic (exact) mass is 270 g/mol. The van der Waals surface area contributed by atoms with Crippen LogP contribution in [-0.2, 0) is 9.59 Å². The van der Waals surface area contributed by atoms with Crippen LogP contribution in [0.2, 0.25) is 0 Å². The minimum absolute atomic E-state index is 0.180. The first-order chi connectivity index (χ1) is 8.81. The van der Waals surface area contributed by atoms with Gasteiger partial charge < -0.3 is 10.6 Å². The van der Waals surface area contributed by atoms with Crippen molar-refractivity contribution in [2.24, 2.45) is 5.92 Å². The molecule has 1 aromatic carbocycles. The predicted molar refractivity (Wildman–Crippen MR) is 67.4 cm³/mol. The number of rotatable bonds is 4. The van der Waals surface area contributed by atoms with Gasteiger partial charge in [0.2, 0.25) is 11.8 Å². The predicted octanol–water partition coefficient (Wildman–Crippen LogP) is 2.06. The lowest BCUT2D eigenvalue weighted by atomic mass is 10.0. The van der Waals surface area contributed by atoms with Crippen LogP contribution in [0.4, 0.5) is 14.5 Å². The van der Waals surface area contributed by atoms with Gasteiger partial charge in [-0.2, -0.15) is 0 Å². The van der Waals surface area contributed by atoms with Crippen molar-refractivity contribution < 1.29 is 18.4 Å². The molecule has 0 aromatic heterocycles. The van der Waals surface area contributed by atoms with Crippen molar-refractivity contribution in [2.75, 3.05) is 5.32 Å². The van der Waals surface area contributed by atoms with E-state index in [0.29, 0.717) is 0 Å². The summed E-state index contributed by atoms with van der Waals surface area (Å²) in [5.74, 6) is -2.53. The van der Waals surface area contributed by atoms with Crippen LogP contribution in [0.1, 0.15) is 20.8 Å². The number of amides is 2. The number of benzene rings is 1. The van der Waals surface area contributed by atoms with Gasteiger partial charge in [-0.3, -0.25) is 9.59 Å². The molecule has 0 spiro atoms. The third kappa shape index (κ3) is 4.31. The molecule has 0 saturated heterocycles. The van der Waals surface area contributed by atoms with Crippen molar-refractivity contribution in [3.8, 4) is 0 Å². The molecule has 104 valence electrons. The number of hydrogen-bond donors (Lipinski definition) is 2. The van der Waals surface area contributed by atoms with Crippen molar-refractivity contribution in [3.05, 3.63) is 29.8 Å². The van der Waals surface area contributed by atoms with Gasteiger partial charge in [-0.1, -0.05) is 13.8 Å². The van der Waals surface area contributed by atoms with Gasteiger partial charge in [0.1, 0.15) is 17.7 Å². The number of hydrogen-bond acceptors (Lipinski definition) is 2. The summed E-state index contributed by atoms with van der Waals surface area (Å²) in [7, 11) is 0. The highest BCUT2D eigenvalue weighted by Gasteiger charge is 2.23. The molecule has 0 aliphatic rings. The Kier molecular flexibility index (Phi) is 4.97. The molecule has 0 saturated carbocycles. The molecule has 1 atom stereocenters. The molecule has 0 fully saturated rings. The Hall–Kier alpha value is -1.98. The Morgan fingerprint density at radius 1 is 1.21 bits per heavy atom. The molecular weight excluding hydrogens is 254 g/mol. The summed E-state index contributed by atoms with van der Waals surface area (Å²) in [4.78, 5) is 22.9. The first-order valence-corrected chi connectivity index (χ1v) is 5.84. The van der Waals surface area contributed by atoms with Crippen LogP contribution >= 0.6 is 0 Å². The number of anilines is 1. The van der Waals surface area contributed by atoms with Crippen LogP contribution in [0.15, 0.2) is 18.2 Å². The zero-order chi connectivity index (χ0) is 14.6. The Bertz CT molecular complexity index is 490. The molecule has 6 heteroatoms. The van der Waals surface area contributed by atoms with E-state index in [1.165, 1.54) is 6.92 Å². The van der Waals surface area contributed by atoms with E-state index < -0.39 is 23.6 Å². The van der Waals surface area contributed by atoms with Crippen LogP contribution < -0.4 is 10.6 Å². The van der Waals surface area contributed by atoms with Crippen LogP contribution in [0.3, 0.4) is 0 Å². The van der Waals surface area contributed by atoms with Gasteiger partial charge in [0, 0.05) is 13.0 Å². The van der Waals surface area contributed by atoms with Crippen molar-refractivity contribution >= 4 is 17.5 Å². The van der Waals surface area contributed by atoms with Gasteiger partial charge in [-0.25, -0.2) is 8.78 Å². The van der Waals surface area contributed by atoms with Gasteiger partial charge in [-0.15, -0.1) is 0 Å². The van der Waals surface area contributed by atoms with E-state index >= 15 is 0 Å². The topological polar surface area (TPSA) is 58.2 Å². The fourth-order valence-corrected chi connectivity index (χ4v) is 1.56. The van der Waals surface area contributed by atoms with Crippen molar-refractivity contribution in [1.29, 1.82) is 0 Å². The lowest BCUT2D eigenvalue weighted by molar-refractivity contribution is -0.126. The van der Waals surface area contributed by atoms with E-state index in [0.717, 1.165) is 18.2 Å². The fourth-order valence-electron chi connectivity index (χ4n) is 1.56. The molecule has 1 rings (SSSR count). The number of carbonyl (C=O) groups is 2. The standard InChI is InChI=1S/C13H16F2N2O2/c1-7(2)12(16-8(3)18)13(19)17-11-6-9(14)4-5-10(11)15/h4-7,12H,1-3H3,(H,16,18)(H,17,19). The first-order valence-electron chi connectivity index (χ1n) is 5.84. The van der Waals surface area contributed by atoms with Gasteiger partial charge in [0.05, 0.1) is 5.69 Å². The molecule has 19 heavy (non-hydrogen) atoms. The quantitative estimate of drug-likeness (QED) is 0.880. The second kappa shape index (κ2) is 6.26. The average Bonchev–Trinajstić information content (AvgIpc) is 2.30. The van der Waals surface area contributed by atoms with E-state index in [1.54, 1.807) is 13.8 Å². The molecule has 0 bridgehead atoms. The molecule has 2 N–H and O–H groups in total. The van der Waals surface area contributed by atoms with E-state index in [1.807, 2.05) is 0 Å². The Morgan fingerprint density at radius 2 is 1.84 bits per heavy atom. The van der Waals surface area contributed by atoms with Crippen LogP contribution in [-0.4, -0.2) is 17.9 Å². The van der Waals surface area contributed by atoms with Gasteiger partial charge >= 0.3 is 0 Å². The minimum Gasteiger partial charge on any atom is -0.344 e. The van der Waals surface area contributed by atoms with E-state index in [4.69, 9.17) is 0 Å². The molecule has 0 aliphatic heterocycles. The Balaban J connectivity index is 2.87. The summed E-state index contributed by atoms with van der Waals surface area (Å²) in [5, 5.41) is 4.74. The molecule has 2 amide bonds. The minimum atomic E-state index is -0.805. The van der Waals surface area contributed by atoms with Crippen molar-refractivity contribution in [2.45, 2.75) is 26.8 Å². The molecule has 0 radical (unpaired) electrons. The smallest absolute Gasteiger partial charge is 0.247 e. The third-order valence-electron chi connectivity index (χ3n) is 2.49. The maximum Gasteiger partial charge on any atom is 0.247 e. The SMILES string of the molecule is CC(=O)NC(C(=O)Nc1cc(F)ccc1F)C(C)C. The number of halogens is 2. The highest BCUT2D eigenvalue weighted by molar-refractivity contribution is 5.97. The number of nitrogens with one attached hydrogen (secondary N) is 2. The third-order valence-corrected chi connectivity index (χ3v) is 2.49. The Labute approximate surface area is 110 Å². The summed E-state index contributed by atoms with van der Waals surface area (Å²) in [6.07, 6.45) is 0. The molecule has 0 aliphatic carbocycles. The first kappa shape index (κ1) is 15.1. The Morgan fingerprint density at radius 3 is 2.37 bits per heavy atom. The highest BCUT2D eigenvalue weighted by Crippen LogP contribution is 2.16. The van der Waals surface area contributed by atoms with Gasteiger partial charge in [0.15, 0.2) is 0 Å². The van der Waals surface area contributed by atoms with Crippen LogP contribution in [0.25, 0.3) is 0 Å². The highest BCUT2D eigenvalue weighted by atomic mass is 19.1. The molecule has 1 aromatic rings. The summed E-state index contributed by atoms with van der Waals surface area (Å²) >= 11 is 0. The van der Waals surface area contributed by atoms with Crippen LogP contribution in [0, 0.1) is 17.6 Å². The zero-order valence-electron chi connectivity index (χ0n) is 11.0. The van der Waals surface area contributed by atoms with E-state index in [9.17, 15) is 18.4 Å². The van der Waals surface area contributed by atoms with Gasteiger partial charge in [-0.05, 0) is 18.1 Å². The van der Waals surface area contributed by atoms with E-state index in [2.05, 4.69) is 10.6 Å². The molecule has 1 unspecified atom stereocenters. The molecule has 4 nitrogen and oxygen atoms in total. The zero-order valence-corrected chi connectivity index (χ0v) is 11.0. The van der Waals surface area contributed by atoms with Crippen molar-refractivity contribution in [1.82, 2.24) is 5.32 Å². The average molecular weight is 270 g/mol. The fraction of sp³-hybridized carbons (Fsp3) is 0.385. The summed E-state index contributed by atoms with van der Waals surface area (Å²) < 4.78 is 26.4. The second-order valence-corrected chi connectivity index (χ2v) is 4.54. The lowest BCUT2D eigenvalue weighted by Crippen LogP contribution is -2.46. The summed E-state index contributed by atoms with van der Waals surface area (Å²) in [6.45, 7) is 4.76. The summed E-state index contributed by atoms with van der Waals surface area (Å²) in [6, 6.07) is 1.96. The summed E-state index contributed by atoms with van der Waals surface area (Å²) in [5.41, 5.74) is -0.249. The van der Waals surface area contributed by atoms with Crippen molar-refractivity contribution in [3.63, 3.8) is 0 Å². The second-order valence-electron chi connectivity index (χ2n) is 4.54. The van der Waals surface area contributed by atoms with Crippen LogP contribution in [0.5, 0.6) is 0 Å². The molecule has 0 heterocycles. The largest absolute Gasteiger partial charge is 0.344 e. The van der Waals surface area contributed by atoms with Gasteiger partial charge in [0.25, 0.3) is 0 Å². The lowest BCUT2D eigenvalue weighted by Gasteiger charge is -2.21. The van der Waals surface area contributed by atoms with E-state index in [-0.39, 0.29) is 17.5 Å². The maximum atomic E-state index is 13.4. The number of carbonyl (C=O) groups excluding carboxylic acids is 2. The maximum absolute atomic E-state index is 13.4. The normalized spacial score (nSPS) is 12.1. The molecular formula is C13H16F2N2O2.